The van der Waals surface area contributed by atoms with E-state index >= 15 is 0 Å². The molecule has 0 aromatic rings. The number of alkyl halides is 3. The Morgan fingerprint density at radius 2 is 2.17 bits per heavy atom. The SMILES string of the molecule is OCC1(CN2CC[C@@H](COC3=NCCC=C3C(F)(F)F)C2)CC1. The van der Waals surface area contributed by atoms with Crippen LogP contribution in [0, 0.1) is 11.3 Å². The van der Waals surface area contributed by atoms with Crippen molar-refractivity contribution in [2.45, 2.75) is 31.9 Å². The average Bonchev–Trinajstić information content (AvgIpc) is 3.15. The van der Waals surface area contributed by atoms with E-state index in [0.717, 1.165) is 38.9 Å². The highest BCUT2D eigenvalue weighted by molar-refractivity contribution is 5.95. The number of nitrogens with zero attached hydrogens (tertiary/aromatic N) is 2. The van der Waals surface area contributed by atoms with Crippen LogP contribution in [0.15, 0.2) is 16.6 Å². The molecule has 1 N–H and O–H groups in total. The van der Waals surface area contributed by atoms with Crippen LogP contribution in [0.3, 0.4) is 0 Å². The van der Waals surface area contributed by atoms with E-state index in [1.54, 1.807) is 0 Å². The Bertz CT molecular complexity index is 498. The van der Waals surface area contributed by atoms with Gasteiger partial charge in [-0.2, -0.15) is 13.2 Å². The third kappa shape index (κ3) is 4.07. The van der Waals surface area contributed by atoms with Gasteiger partial charge in [0, 0.05) is 37.6 Å². The van der Waals surface area contributed by atoms with Gasteiger partial charge in [-0.05, 0) is 32.2 Å². The van der Waals surface area contributed by atoms with E-state index in [1.807, 2.05) is 0 Å². The fourth-order valence-electron chi connectivity index (χ4n) is 3.31. The maximum atomic E-state index is 12.9. The molecule has 0 aromatic carbocycles. The zero-order valence-electron chi connectivity index (χ0n) is 13.1. The second-order valence-corrected chi connectivity index (χ2v) is 6.95. The zero-order chi connectivity index (χ0) is 16.5. The number of aliphatic imine (C=N–C) groups is 1. The molecule has 0 radical (unpaired) electrons. The average molecular weight is 332 g/mol. The Hall–Kier alpha value is -1.08. The molecule has 2 heterocycles. The minimum atomic E-state index is -4.40. The zero-order valence-corrected chi connectivity index (χ0v) is 13.1. The quantitative estimate of drug-likeness (QED) is 0.841. The molecular weight excluding hydrogens is 309 g/mol. The number of hydrogen-bond acceptors (Lipinski definition) is 4. The Morgan fingerprint density at radius 1 is 1.39 bits per heavy atom. The molecule has 3 aliphatic rings. The molecule has 130 valence electrons. The lowest BCUT2D eigenvalue weighted by Gasteiger charge is -2.22. The first-order valence-corrected chi connectivity index (χ1v) is 8.20. The molecule has 4 nitrogen and oxygen atoms in total. The van der Waals surface area contributed by atoms with Gasteiger partial charge in [-0.3, -0.25) is 4.99 Å². The van der Waals surface area contributed by atoms with Gasteiger partial charge in [-0.1, -0.05) is 6.08 Å². The largest absolute Gasteiger partial charge is 0.477 e. The molecule has 3 rings (SSSR count). The molecule has 1 atom stereocenters. The summed E-state index contributed by atoms with van der Waals surface area (Å²) in [5.74, 6) is -0.0279. The van der Waals surface area contributed by atoms with Crippen molar-refractivity contribution < 1.29 is 23.0 Å². The number of likely N-dealkylation sites (tertiary alicyclic amines) is 1. The van der Waals surface area contributed by atoms with Crippen molar-refractivity contribution in [1.29, 1.82) is 0 Å². The van der Waals surface area contributed by atoms with Crippen LogP contribution in [0.1, 0.15) is 25.7 Å². The predicted molar refractivity (Wildman–Crippen MR) is 80.3 cm³/mol. The van der Waals surface area contributed by atoms with E-state index in [-0.39, 0.29) is 30.4 Å². The lowest BCUT2D eigenvalue weighted by atomic mass is 10.1. The summed E-state index contributed by atoms with van der Waals surface area (Å²) in [5, 5.41) is 9.38. The third-order valence-electron chi connectivity index (χ3n) is 4.95. The van der Waals surface area contributed by atoms with Gasteiger partial charge in [0.1, 0.15) is 5.57 Å². The molecule has 1 saturated carbocycles. The normalized spacial score (nSPS) is 27.6. The van der Waals surface area contributed by atoms with E-state index in [2.05, 4.69) is 9.89 Å². The molecule has 1 aliphatic carbocycles. The third-order valence-corrected chi connectivity index (χ3v) is 4.95. The van der Waals surface area contributed by atoms with Crippen molar-refractivity contribution in [3.63, 3.8) is 0 Å². The van der Waals surface area contributed by atoms with Crippen molar-refractivity contribution >= 4 is 5.90 Å². The molecule has 0 amide bonds. The molecule has 23 heavy (non-hydrogen) atoms. The summed E-state index contributed by atoms with van der Waals surface area (Å²) in [6.07, 6.45) is 0.124. The van der Waals surface area contributed by atoms with Crippen LogP contribution in [0.5, 0.6) is 0 Å². The summed E-state index contributed by atoms with van der Waals surface area (Å²) in [7, 11) is 0. The van der Waals surface area contributed by atoms with Gasteiger partial charge in [0.15, 0.2) is 0 Å². The van der Waals surface area contributed by atoms with Crippen molar-refractivity contribution in [2.24, 2.45) is 16.3 Å². The summed E-state index contributed by atoms with van der Waals surface area (Å²) >= 11 is 0. The fourth-order valence-corrected chi connectivity index (χ4v) is 3.31. The van der Waals surface area contributed by atoms with Crippen LogP contribution in [0.2, 0.25) is 0 Å². The Balaban J connectivity index is 1.47. The number of aliphatic hydroxyl groups is 1. The summed E-state index contributed by atoms with van der Waals surface area (Å²) in [4.78, 5) is 6.19. The van der Waals surface area contributed by atoms with E-state index in [0.29, 0.717) is 13.0 Å². The Morgan fingerprint density at radius 3 is 2.83 bits per heavy atom. The minimum Gasteiger partial charge on any atom is -0.477 e. The topological polar surface area (TPSA) is 45.1 Å². The first kappa shape index (κ1) is 16.8. The lowest BCUT2D eigenvalue weighted by molar-refractivity contribution is -0.0884. The summed E-state index contributed by atoms with van der Waals surface area (Å²) in [6, 6.07) is 0. The van der Waals surface area contributed by atoms with Crippen LogP contribution < -0.4 is 0 Å². The smallest absolute Gasteiger partial charge is 0.421 e. The van der Waals surface area contributed by atoms with E-state index in [1.165, 1.54) is 6.08 Å². The standard InChI is InChI=1S/C16H23F3N2O2/c17-16(18,19)13-2-1-6-20-14(13)23-9-12-3-7-21(8-12)10-15(11-22)4-5-15/h2,12,22H,1,3-11H2/t12-/m1/s1. The van der Waals surface area contributed by atoms with Gasteiger partial charge in [0.05, 0.1) is 6.61 Å². The van der Waals surface area contributed by atoms with E-state index in [9.17, 15) is 18.3 Å². The van der Waals surface area contributed by atoms with E-state index < -0.39 is 11.7 Å². The molecule has 0 spiro atoms. The van der Waals surface area contributed by atoms with Crippen LogP contribution >= 0.6 is 0 Å². The predicted octanol–water partition coefficient (Wildman–Crippen LogP) is 2.39. The first-order valence-electron chi connectivity index (χ1n) is 8.20. The molecule has 2 aliphatic heterocycles. The highest BCUT2D eigenvalue weighted by Gasteiger charge is 2.44. The maximum Gasteiger partial charge on any atom is 0.421 e. The number of ether oxygens (including phenoxy) is 1. The first-order chi connectivity index (χ1) is 10.9. The van der Waals surface area contributed by atoms with Crippen LogP contribution in [-0.2, 0) is 4.74 Å². The summed E-state index contributed by atoms with van der Waals surface area (Å²) < 4.78 is 44.2. The minimum absolute atomic E-state index is 0.0788. The lowest BCUT2D eigenvalue weighted by Crippen LogP contribution is -2.31. The summed E-state index contributed by atoms with van der Waals surface area (Å²) in [6.45, 7) is 3.47. The van der Waals surface area contributed by atoms with Crippen molar-refractivity contribution in [3.8, 4) is 0 Å². The maximum absolute atomic E-state index is 12.9. The van der Waals surface area contributed by atoms with Crippen LogP contribution in [0.25, 0.3) is 0 Å². The second-order valence-electron chi connectivity index (χ2n) is 6.95. The molecule has 0 unspecified atom stereocenters. The monoisotopic (exact) mass is 332 g/mol. The Kier molecular flexibility index (Phi) is 4.69. The number of dihydropyridines is 1. The van der Waals surface area contributed by atoms with Gasteiger partial charge in [0.25, 0.3) is 0 Å². The highest BCUT2D eigenvalue weighted by Crippen LogP contribution is 2.46. The molecule has 2 fully saturated rings. The number of hydrogen-bond donors (Lipinski definition) is 1. The summed E-state index contributed by atoms with van der Waals surface area (Å²) in [5.41, 5.74) is -0.661. The second kappa shape index (κ2) is 6.43. The molecule has 1 saturated heterocycles. The van der Waals surface area contributed by atoms with Gasteiger partial charge in [0.2, 0.25) is 5.90 Å². The van der Waals surface area contributed by atoms with Gasteiger partial charge < -0.3 is 14.7 Å². The van der Waals surface area contributed by atoms with Crippen molar-refractivity contribution in [3.05, 3.63) is 11.6 Å². The van der Waals surface area contributed by atoms with Crippen molar-refractivity contribution in [1.82, 2.24) is 4.90 Å². The van der Waals surface area contributed by atoms with Crippen LogP contribution in [0.4, 0.5) is 13.2 Å². The van der Waals surface area contributed by atoms with Gasteiger partial charge in [-0.15, -0.1) is 0 Å². The number of rotatable bonds is 5. The number of halogens is 3. The molecule has 0 bridgehead atoms. The van der Waals surface area contributed by atoms with E-state index in [4.69, 9.17) is 4.74 Å². The van der Waals surface area contributed by atoms with Gasteiger partial charge in [-0.25, -0.2) is 0 Å². The van der Waals surface area contributed by atoms with Crippen molar-refractivity contribution in [2.75, 3.05) is 39.4 Å². The fraction of sp³-hybridized carbons (Fsp3) is 0.812. The van der Waals surface area contributed by atoms with Gasteiger partial charge >= 0.3 is 6.18 Å². The molecular formula is C16H23F3N2O2. The molecule has 0 aromatic heterocycles. The Labute approximate surface area is 134 Å². The number of aliphatic hydroxyl groups excluding tert-OH is 1. The van der Waals surface area contributed by atoms with Crippen LogP contribution in [-0.4, -0.2) is 61.5 Å². The molecule has 7 heteroatoms. The highest BCUT2D eigenvalue weighted by atomic mass is 19.4.